The van der Waals surface area contributed by atoms with Crippen LogP contribution in [0.4, 0.5) is 0 Å². The largest absolute Gasteiger partial charge is 0.396 e. The lowest BCUT2D eigenvalue weighted by Gasteiger charge is -2.33. The van der Waals surface area contributed by atoms with E-state index in [1.54, 1.807) is 0 Å². The summed E-state index contributed by atoms with van der Waals surface area (Å²) in [6, 6.07) is 0.371. The molecule has 0 aromatic rings. The van der Waals surface area contributed by atoms with Crippen molar-refractivity contribution in [2.45, 2.75) is 31.3 Å². The lowest BCUT2D eigenvalue weighted by Crippen LogP contribution is -2.55. The molecule has 1 aliphatic carbocycles. The van der Waals surface area contributed by atoms with E-state index >= 15 is 0 Å². The van der Waals surface area contributed by atoms with E-state index in [1.165, 1.54) is 0 Å². The van der Waals surface area contributed by atoms with Gasteiger partial charge in [0.05, 0.1) is 6.04 Å². The maximum absolute atomic E-state index is 11.7. The number of nitrogens with zero attached hydrogens (tertiary/aromatic N) is 1. The molecule has 0 aromatic carbocycles. The highest BCUT2D eigenvalue weighted by Gasteiger charge is 2.37. The fourth-order valence-corrected chi connectivity index (χ4v) is 1.86. The summed E-state index contributed by atoms with van der Waals surface area (Å²) in [5.74, 6) is 0.183. The Kier molecular flexibility index (Phi) is 2.51. The summed E-state index contributed by atoms with van der Waals surface area (Å²) < 4.78 is 0. The molecule has 0 radical (unpaired) electrons. The van der Waals surface area contributed by atoms with Crippen molar-refractivity contribution in [2.24, 2.45) is 0 Å². The highest BCUT2D eigenvalue weighted by atomic mass is 16.3. The Hall–Kier alpha value is -0.610. The lowest BCUT2D eigenvalue weighted by atomic mass is 10.1. The van der Waals surface area contributed by atoms with Crippen LogP contribution >= 0.6 is 0 Å². The van der Waals surface area contributed by atoms with Crippen LogP contribution < -0.4 is 5.32 Å². The summed E-state index contributed by atoms with van der Waals surface area (Å²) >= 11 is 0. The van der Waals surface area contributed by atoms with Gasteiger partial charge in [-0.2, -0.15) is 0 Å². The third-order valence-corrected chi connectivity index (χ3v) is 2.73. The molecule has 4 heteroatoms. The number of amides is 1. The summed E-state index contributed by atoms with van der Waals surface area (Å²) in [6.07, 6.45) is 2.87. The highest BCUT2D eigenvalue weighted by Crippen LogP contribution is 2.28. The van der Waals surface area contributed by atoms with Crippen LogP contribution in [0.25, 0.3) is 0 Å². The van der Waals surface area contributed by atoms with Crippen LogP contribution in [-0.2, 0) is 4.79 Å². The smallest absolute Gasteiger partial charge is 0.240 e. The number of piperazine rings is 1. The first-order valence-electron chi connectivity index (χ1n) is 4.97. The zero-order valence-corrected chi connectivity index (χ0v) is 7.70. The Labute approximate surface area is 77.9 Å². The third-order valence-electron chi connectivity index (χ3n) is 2.73. The molecule has 1 unspecified atom stereocenters. The van der Waals surface area contributed by atoms with E-state index in [0.29, 0.717) is 12.5 Å². The first-order chi connectivity index (χ1) is 6.33. The van der Waals surface area contributed by atoms with Crippen molar-refractivity contribution in [1.29, 1.82) is 0 Å². The first-order valence-corrected chi connectivity index (χ1v) is 4.97. The Morgan fingerprint density at radius 1 is 1.54 bits per heavy atom. The number of carbonyl (C=O) groups excluding carboxylic acids is 1. The van der Waals surface area contributed by atoms with Crippen LogP contribution in [0.5, 0.6) is 0 Å². The molecule has 1 aliphatic heterocycles. The summed E-state index contributed by atoms with van der Waals surface area (Å²) in [7, 11) is 0. The van der Waals surface area contributed by atoms with Crippen molar-refractivity contribution in [3.05, 3.63) is 0 Å². The number of hydrogen-bond acceptors (Lipinski definition) is 3. The van der Waals surface area contributed by atoms with Crippen molar-refractivity contribution < 1.29 is 9.90 Å². The van der Waals surface area contributed by atoms with Crippen LogP contribution in [0.2, 0.25) is 0 Å². The second-order valence-electron chi connectivity index (χ2n) is 3.78. The fourth-order valence-electron chi connectivity index (χ4n) is 1.86. The molecule has 74 valence electrons. The van der Waals surface area contributed by atoms with Gasteiger partial charge in [-0.1, -0.05) is 0 Å². The van der Waals surface area contributed by atoms with Crippen molar-refractivity contribution in [3.63, 3.8) is 0 Å². The van der Waals surface area contributed by atoms with E-state index in [0.717, 1.165) is 25.9 Å². The SMILES string of the molecule is O=C1C(CCO)NCCN1C1CC1. The van der Waals surface area contributed by atoms with Crippen molar-refractivity contribution >= 4 is 5.91 Å². The minimum absolute atomic E-state index is 0.0852. The molecular weight excluding hydrogens is 168 g/mol. The van der Waals surface area contributed by atoms with E-state index in [4.69, 9.17) is 5.11 Å². The number of aliphatic hydroxyl groups excluding tert-OH is 1. The Balaban J connectivity index is 1.94. The van der Waals surface area contributed by atoms with Gasteiger partial charge in [-0.15, -0.1) is 0 Å². The monoisotopic (exact) mass is 184 g/mol. The van der Waals surface area contributed by atoms with Crippen LogP contribution in [-0.4, -0.2) is 47.7 Å². The van der Waals surface area contributed by atoms with Gasteiger partial charge in [-0.3, -0.25) is 4.79 Å². The molecule has 4 nitrogen and oxygen atoms in total. The molecule has 2 rings (SSSR count). The zero-order valence-electron chi connectivity index (χ0n) is 7.70. The molecule has 2 aliphatic rings. The zero-order chi connectivity index (χ0) is 9.26. The van der Waals surface area contributed by atoms with Gasteiger partial charge in [0.25, 0.3) is 0 Å². The molecule has 2 fully saturated rings. The molecule has 1 amide bonds. The second kappa shape index (κ2) is 3.64. The maximum atomic E-state index is 11.7. The predicted octanol–water partition coefficient (Wildman–Crippen LogP) is -0.668. The molecule has 1 heterocycles. The van der Waals surface area contributed by atoms with E-state index in [1.807, 2.05) is 4.90 Å². The summed E-state index contributed by atoms with van der Waals surface area (Å²) in [5, 5.41) is 11.9. The quantitative estimate of drug-likeness (QED) is 0.611. The number of carbonyl (C=O) groups is 1. The van der Waals surface area contributed by atoms with Gasteiger partial charge < -0.3 is 15.3 Å². The van der Waals surface area contributed by atoms with Gasteiger partial charge in [0.2, 0.25) is 5.91 Å². The van der Waals surface area contributed by atoms with Crippen LogP contribution in [0.15, 0.2) is 0 Å². The van der Waals surface area contributed by atoms with Gasteiger partial charge in [0, 0.05) is 25.7 Å². The molecule has 0 spiro atoms. The first kappa shape index (κ1) is 8.97. The summed E-state index contributed by atoms with van der Waals surface area (Å²) in [4.78, 5) is 13.7. The van der Waals surface area contributed by atoms with Gasteiger partial charge in [-0.05, 0) is 19.3 Å². The lowest BCUT2D eigenvalue weighted by molar-refractivity contribution is -0.136. The molecule has 0 aromatic heterocycles. The Morgan fingerprint density at radius 2 is 2.31 bits per heavy atom. The maximum Gasteiger partial charge on any atom is 0.240 e. The van der Waals surface area contributed by atoms with E-state index in [2.05, 4.69) is 5.32 Å². The standard InChI is InChI=1S/C9H16N2O2/c12-6-3-8-9(13)11(5-4-10-8)7-1-2-7/h7-8,10,12H,1-6H2. The second-order valence-corrected chi connectivity index (χ2v) is 3.78. The molecular formula is C9H16N2O2. The number of rotatable bonds is 3. The van der Waals surface area contributed by atoms with Crippen LogP contribution in [0.3, 0.4) is 0 Å². The third kappa shape index (κ3) is 1.84. The number of hydrogen-bond donors (Lipinski definition) is 2. The van der Waals surface area contributed by atoms with Crippen LogP contribution in [0.1, 0.15) is 19.3 Å². The molecule has 1 atom stereocenters. The number of aliphatic hydroxyl groups is 1. The molecule has 1 saturated carbocycles. The average molecular weight is 184 g/mol. The van der Waals surface area contributed by atoms with Crippen molar-refractivity contribution in [3.8, 4) is 0 Å². The summed E-state index contributed by atoms with van der Waals surface area (Å²) in [6.45, 7) is 1.79. The molecule has 1 saturated heterocycles. The molecule has 0 bridgehead atoms. The van der Waals surface area contributed by atoms with Gasteiger partial charge >= 0.3 is 0 Å². The van der Waals surface area contributed by atoms with E-state index < -0.39 is 0 Å². The normalized spacial score (nSPS) is 29.5. The predicted molar refractivity (Wildman–Crippen MR) is 48.2 cm³/mol. The molecule has 13 heavy (non-hydrogen) atoms. The topological polar surface area (TPSA) is 52.6 Å². The average Bonchev–Trinajstić information content (AvgIpc) is 2.92. The van der Waals surface area contributed by atoms with Gasteiger partial charge in [-0.25, -0.2) is 0 Å². The minimum atomic E-state index is -0.139. The van der Waals surface area contributed by atoms with Gasteiger partial charge in [0.1, 0.15) is 0 Å². The minimum Gasteiger partial charge on any atom is -0.396 e. The van der Waals surface area contributed by atoms with E-state index in [-0.39, 0.29) is 18.6 Å². The van der Waals surface area contributed by atoms with Gasteiger partial charge in [0.15, 0.2) is 0 Å². The fraction of sp³-hybridized carbons (Fsp3) is 0.889. The highest BCUT2D eigenvalue weighted by molar-refractivity contribution is 5.83. The van der Waals surface area contributed by atoms with Crippen molar-refractivity contribution in [2.75, 3.05) is 19.7 Å². The number of nitrogens with one attached hydrogen (secondary N) is 1. The van der Waals surface area contributed by atoms with E-state index in [9.17, 15) is 4.79 Å². The van der Waals surface area contributed by atoms with Crippen molar-refractivity contribution in [1.82, 2.24) is 10.2 Å². The summed E-state index contributed by atoms with van der Waals surface area (Å²) in [5.41, 5.74) is 0. The van der Waals surface area contributed by atoms with Crippen LogP contribution in [0, 0.1) is 0 Å². The Morgan fingerprint density at radius 3 is 2.92 bits per heavy atom. The molecule has 2 N–H and O–H groups in total. The Bertz CT molecular complexity index is 202.